The maximum atomic E-state index is 12.6. The first-order chi connectivity index (χ1) is 14.7. The van der Waals surface area contributed by atoms with Gasteiger partial charge in [0.1, 0.15) is 6.54 Å². The highest BCUT2D eigenvalue weighted by molar-refractivity contribution is 14.0. The Hall–Kier alpha value is -2.10. The third-order valence-electron chi connectivity index (χ3n) is 5.47. The van der Waals surface area contributed by atoms with E-state index in [1.54, 1.807) is 6.20 Å². The first-order valence-corrected chi connectivity index (χ1v) is 11.1. The Kier molecular flexibility index (Phi) is 11.4. The average Bonchev–Trinajstić information content (AvgIpc) is 3.29. The number of guanidine groups is 1. The van der Waals surface area contributed by atoms with Crippen LogP contribution in [0.4, 0.5) is 0 Å². The van der Waals surface area contributed by atoms with Gasteiger partial charge in [-0.2, -0.15) is 5.10 Å². The molecule has 7 nitrogen and oxygen atoms in total. The second kappa shape index (κ2) is 14.1. The molecule has 0 aliphatic carbocycles. The van der Waals surface area contributed by atoms with Gasteiger partial charge in [0.25, 0.3) is 0 Å². The van der Waals surface area contributed by atoms with E-state index in [0.717, 1.165) is 58.4 Å². The molecule has 0 unspecified atom stereocenters. The van der Waals surface area contributed by atoms with Crippen molar-refractivity contribution in [3.05, 3.63) is 54.4 Å². The topological polar surface area (TPSA) is 74.6 Å². The number of hydrogen-bond donors (Lipinski definition) is 2. The number of aromatic nitrogens is 2. The lowest BCUT2D eigenvalue weighted by molar-refractivity contribution is -0.130. The first kappa shape index (κ1) is 25.2. The highest BCUT2D eigenvalue weighted by atomic mass is 127. The van der Waals surface area contributed by atoms with Crippen LogP contribution < -0.4 is 10.6 Å². The molecule has 31 heavy (non-hydrogen) atoms. The number of likely N-dealkylation sites (tertiary alicyclic amines) is 1. The summed E-state index contributed by atoms with van der Waals surface area (Å²) in [6, 6.07) is 12.6. The third kappa shape index (κ3) is 8.88. The van der Waals surface area contributed by atoms with Crippen LogP contribution >= 0.6 is 24.0 Å². The number of hydrogen-bond acceptors (Lipinski definition) is 3. The summed E-state index contributed by atoms with van der Waals surface area (Å²) in [4.78, 5) is 19.1. The van der Waals surface area contributed by atoms with Crippen LogP contribution in [0.3, 0.4) is 0 Å². The molecular formula is C23H35IN6O. The molecule has 1 aromatic heterocycles. The van der Waals surface area contributed by atoms with Gasteiger partial charge in [-0.1, -0.05) is 30.3 Å². The van der Waals surface area contributed by atoms with Crippen molar-refractivity contribution in [1.82, 2.24) is 25.3 Å². The van der Waals surface area contributed by atoms with E-state index in [2.05, 4.69) is 51.1 Å². The molecule has 2 aromatic rings. The lowest BCUT2D eigenvalue weighted by atomic mass is 9.90. The second-order valence-electron chi connectivity index (χ2n) is 7.76. The molecule has 0 atom stereocenters. The fraction of sp³-hybridized carbons (Fsp3) is 0.522. The summed E-state index contributed by atoms with van der Waals surface area (Å²) in [5.74, 6) is 1.47. The molecule has 170 valence electrons. The summed E-state index contributed by atoms with van der Waals surface area (Å²) >= 11 is 0. The van der Waals surface area contributed by atoms with Gasteiger partial charge in [-0.3, -0.25) is 9.48 Å². The molecule has 1 aliphatic rings. The van der Waals surface area contributed by atoms with Crippen LogP contribution in [-0.2, 0) is 17.8 Å². The predicted octanol–water partition coefficient (Wildman–Crippen LogP) is 2.93. The lowest BCUT2D eigenvalue weighted by Crippen LogP contribution is -2.42. The Balaban J connectivity index is 0.00000341. The SMILES string of the molecule is CCNC(=NCC(=O)N1CCC(Cc2ccccc2)CC1)NCCCn1cccn1.I. The fourth-order valence-corrected chi connectivity index (χ4v) is 3.80. The molecule has 1 saturated heterocycles. The number of carbonyl (C=O) groups is 1. The number of carbonyl (C=O) groups excluding carboxylic acids is 1. The summed E-state index contributed by atoms with van der Waals surface area (Å²) in [6.45, 7) is 6.29. The molecule has 1 fully saturated rings. The molecule has 1 amide bonds. The Morgan fingerprint density at radius 3 is 2.61 bits per heavy atom. The van der Waals surface area contributed by atoms with Crippen LogP contribution in [0.25, 0.3) is 0 Å². The van der Waals surface area contributed by atoms with E-state index in [-0.39, 0.29) is 36.4 Å². The van der Waals surface area contributed by atoms with E-state index in [9.17, 15) is 4.79 Å². The zero-order valence-electron chi connectivity index (χ0n) is 18.4. The summed E-state index contributed by atoms with van der Waals surface area (Å²) in [6.07, 6.45) is 7.92. The van der Waals surface area contributed by atoms with Gasteiger partial charge >= 0.3 is 0 Å². The number of aryl methyl sites for hydroxylation is 1. The van der Waals surface area contributed by atoms with Crippen molar-refractivity contribution in [2.45, 2.75) is 39.2 Å². The van der Waals surface area contributed by atoms with E-state index >= 15 is 0 Å². The number of benzene rings is 1. The van der Waals surface area contributed by atoms with Crippen LogP contribution in [0, 0.1) is 5.92 Å². The van der Waals surface area contributed by atoms with Crippen molar-refractivity contribution in [2.24, 2.45) is 10.9 Å². The normalized spacial score (nSPS) is 14.7. The number of rotatable bonds is 9. The summed E-state index contributed by atoms with van der Waals surface area (Å²) in [7, 11) is 0. The van der Waals surface area contributed by atoms with E-state index in [0.29, 0.717) is 11.9 Å². The van der Waals surface area contributed by atoms with Crippen molar-refractivity contribution in [2.75, 3.05) is 32.7 Å². The van der Waals surface area contributed by atoms with Gasteiger partial charge in [-0.25, -0.2) is 4.99 Å². The first-order valence-electron chi connectivity index (χ1n) is 11.1. The number of amides is 1. The van der Waals surface area contributed by atoms with Crippen LogP contribution in [0.5, 0.6) is 0 Å². The van der Waals surface area contributed by atoms with E-state index in [4.69, 9.17) is 0 Å². The Morgan fingerprint density at radius 1 is 1.16 bits per heavy atom. The van der Waals surface area contributed by atoms with Crippen molar-refractivity contribution < 1.29 is 4.79 Å². The van der Waals surface area contributed by atoms with Crippen molar-refractivity contribution in [1.29, 1.82) is 0 Å². The van der Waals surface area contributed by atoms with Crippen molar-refractivity contribution in [3.8, 4) is 0 Å². The number of piperidine rings is 1. The fourth-order valence-electron chi connectivity index (χ4n) is 3.80. The number of halogens is 1. The second-order valence-corrected chi connectivity index (χ2v) is 7.76. The highest BCUT2D eigenvalue weighted by Gasteiger charge is 2.22. The minimum absolute atomic E-state index is 0. The number of nitrogens with one attached hydrogen (secondary N) is 2. The molecule has 1 aliphatic heterocycles. The van der Waals surface area contributed by atoms with Crippen LogP contribution in [0.1, 0.15) is 31.7 Å². The summed E-state index contributed by atoms with van der Waals surface area (Å²) in [5.41, 5.74) is 1.39. The molecule has 0 radical (unpaired) electrons. The van der Waals surface area contributed by atoms with Crippen molar-refractivity contribution in [3.63, 3.8) is 0 Å². The standard InChI is InChI=1S/C23H34N6O.HI/c1-2-24-23(25-12-6-14-29-15-7-13-27-29)26-19-22(30)28-16-10-21(11-17-28)18-20-8-4-3-5-9-20;/h3-5,7-9,13,15,21H,2,6,10-12,14,16-19H2,1H3,(H2,24,25,26);1H. The Labute approximate surface area is 202 Å². The zero-order chi connectivity index (χ0) is 21.0. The van der Waals surface area contributed by atoms with Gasteiger partial charge in [-0.05, 0) is 50.2 Å². The molecule has 2 heterocycles. The van der Waals surface area contributed by atoms with Gasteiger partial charge in [0.05, 0.1) is 0 Å². The van der Waals surface area contributed by atoms with Gasteiger partial charge in [0.15, 0.2) is 5.96 Å². The molecule has 2 N–H and O–H groups in total. The minimum Gasteiger partial charge on any atom is -0.357 e. The highest BCUT2D eigenvalue weighted by Crippen LogP contribution is 2.21. The maximum absolute atomic E-state index is 12.6. The maximum Gasteiger partial charge on any atom is 0.244 e. The van der Waals surface area contributed by atoms with E-state index in [1.807, 2.05) is 28.8 Å². The third-order valence-corrected chi connectivity index (χ3v) is 5.47. The van der Waals surface area contributed by atoms with Gasteiger partial charge < -0.3 is 15.5 Å². The quantitative estimate of drug-likeness (QED) is 0.223. The zero-order valence-corrected chi connectivity index (χ0v) is 20.7. The van der Waals surface area contributed by atoms with Gasteiger partial charge in [-0.15, -0.1) is 24.0 Å². The largest absolute Gasteiger partial charge is 0.357 e. The van der Waals surface area contributed by atoms with Crippen LogP contribution in [0.2, 0.25) is 0 Å². The molecule has 0 saturated carbocycles. The molecule has 3 rings (SSSR count). The van der Waals surface area contributed by atoms with Crippen LogP contribution in [0.15, 0.2) is 53.8 Å². The Bertz CT molecular complexity index is 773. The van der Waals surface area contributed by atoms with Crippen molar-refractivity contribution >= 4 is 35.8 Å². The molecule has 8 heteroatoms. The van der Waals surface area contributed by atoms with Gasteiger partial charge in [0.2, 0.25) is 5.91 Å². The van der Waals surface area contributed by atoms with Crippen LogP contribution in [-0.4, -0.2) is 59.3 Å². The van der Waals surface area contributed by atoms with Gasteiger partial charge in [0, 0.05) is 45.1 Å². The summed E-state index contributed by atoms with van der Waals surface area (Å²) < 4.78 is 1.91. The van der Waals surface area contributed by atoms with E-state index < -0.39 is 0 Å². The predicted molar refractivity (Wildman–Crippen MR) is 136 cm³/mol. The molecule has 0 bridgehead atoms. The number of nitrogens with zero attached hydrogens (tertiary/aromatic N) is 4. The smallest absolute Gasteiger partial charge is 0.244 e. The lowest BCUT2D eigenvalue weighted by Gasteiger charge is -2.32. The molecular weight excluding hydrogens is 503 g/mol. The number of aliphatic imine (C=N–C) groups is 1. The summed E-state index contributed by atoms with van der Waals surface area (Å²) in [5, 5.41) is 10.7. The monoisotopic (exact) mass is 538 g/mol. The minimum atomic E-state index is 0. The molecule has 0 spiro atoms. The van der Waals surface area contributed by atoms with E-state index in [1.165, 1.54) is 5.56 Å². The Morgan fingerprint density at radius 2 is 1.94 bits per heavy atom. The molecule has 1 aromatic carbocycles. The average molecular weight is 538 g/mol.